The molecular weight excluding hydrogens is 1020 g/mol. The molecule has 0 N–H and O–H groups in total. The first-order valence-electron chi connectivity index (χ1n) is 36.8. The standard InChI is InChI=1S/C77H140O6/c1-4-7-10-13-16-19-22-25-28-30-32-34-36-37-38-39-41-42-44-46-49-52-55-58-61-64-67-70-76(79)82-73-74(72-81-75(78)69-66-63-60-57-54-51-48-27-24-21-18-15-12-9-6-3)83-77(80)71-68-65-62-59-56-53-50-47-45-43-40-35-33-31-29-26-23-20-17-14-11-8-5-2/h9,12,18,21-22,25,27,30,32,48,74H,4-8,10-11,13-17,19-20,23-24,26,28-29,31,33-47,49-73H2,1-3H3/b12-9-,21-18-,25-22-,32-30-,48-27-. The number of unbranched alkanes of at least 4 members (excludes halogenated alkanes) is 47. The summed E-state index contributed by atoms with van der Waals surface area (Å²) in [6.45, 7) is 6.58. The summed E-state index contributed by atoms with van der Waals surface area (Å²) in [5.74, 6) is -0.866. The van der Waals surface area contributed by atoms with Gasteiger partial charge in [-0.05, 0) is 83.5 Å². The molecule has 0 heterocycles. The van der Waals surface area contributed by atoms with E-state index in [-0.39, 0.29) is 31.1 Å². The second-order valence-corrected chi connectivity index (χ2v) is 24.8. The minimum atomic E-state index is -0.781. The zero-order valence-electron chi connectivity index (χ0n) is 55.7. The molecule has 0 fully saturated rings. The molecule has 0 radical (unpaired) electrons. The molecule has 0 aromatic carbocycles. The van der Waals surface area contributed by atoms with Crippen LogP contribution in [0, 0.1) is 0 Å². The first-order valence-corrected chi connectivity index (χ1v) is 36.8. The molecule has 1 atom stereocenters. The molecule has 0 rings (SSSR count). The largest absolute Gasteiger partial charge is 0.462 e. The Morgan fingerprint density at radius 2 is 0.470 bits per heavy atom. The van der Waals surface area contributed by atoms with Gasteiger partial charge < -0.3 is 14.2 Å². The van der Waals surface area contributed by atoms with Crippen molar-refractivity contribution in [2.45, 2.75) is 399 Å². The van der Waals surface area contributed by atoms with Crippen LogP contribution in [0.4, 0.5) is 0 Å². The molecule has 0 spiro atoms. The lowest BCUT2D eigenvalue weighted by atomic mass is 10.0. The highest BCUT2D eigenvalue weighted by atomic mass is 16.6. The second kappa shape index (κ2) is 71.6. The van der Waals surface area contributed by atoms with Gasteiger partial charge in [-0.25, -0.2) is 0 Å². The van der Waals surface area contributed by atoms with Gasteiger partial charge >= 0.3 is 17.9 Å². The Morgan fingerprint density at radius 3 is 0.735 bits per heavy atom. The van der Waals surface area contributed by atoms with Crippen LogP contribution < -0.4 is 0 Å². The molecule has 0 aliphatic rings. The molecule has 0 saturated heterocycles. The van der Waals surface area contributed by atoms with E-state index in [9.17, 15) is 14.4 Å². The Hall–Kier alpha value is -2.89. The number of carbonyl (C=O) groups excluding carboxylic acids is 3. The summed E-state index contributed by atoms with van der Waals surface area (Å²) in [6, 6.07) is 0. The van der Waals surface area contributed by atoms with Crippen LogP contribution in [0.3, 0.4) is 0 Å². The molecule has 0 amide bonds. The van der Waals surface area contributed by atoms with Crippen molar-refractivity contribution in [1.29, 1.82) is 0 Å². The van der Waals surface area contributed by atoms with Crippen LogP contribution in [0.15, 0.2) is 60.8 Å². The second-order valence-electron chi connectivity index (χ2n) is 24.8. The van der Waals surface area contributed by atoms with Crippen LogP contribution in [0.25, 0.3) is 0 Å². The van der Waals surface area contributed by atoms with Gasteiger partial charge in [0.2, 0.25) is 0 Å². The van der Waals surface area contributed by atoms with Crippen LogP contribution in [0.2, 0.25) is 0 Å². The number of rotatable bonds is 68. The Morgan fingerprint density at radius 1 is 0.253 bits per heavy atom. The van der Waals surface area contributed by atoms with E-state index in [1.165, 1.54) is 250 Å². The molecular formula is C77H140O6. The van der Waals surface area contributed by atoms with Crippen LogP contribution in [0.1, 0.15) is 393 Å². The van der Waals surface area contributed by atoms with Crippen molar-refractivity contribution in [3.63, 3.8) is 0 Å². The Labute approximate surface area is 517 Å². The molecule has 6 heteroatoms. The van der Waals surface area contributed by atoms with Crippen molar-refractivity contribution < 1.29 is 28.6 Å². The molecule has 83 heavy (non-hydrogen) atoms. The van der Waals surface area contributed by atoms with Crippen molar-refractivity contribution in [3.8, 4) is 0 Å². The zero-order chi connectivity index (χ0) is 59.9. The molecule has 0 saturated carbocycles. The van der Waals surface area contributed by atoms with Crippen LogP contribution in [-0.2, 0) is 28.6 Å². The highest BCUT2D eigenvalue weighted by Gasteiger charge is 2.19. The minimum Gasteiger partial charge on any atom is -0.462 e. The van der Waals surface area contributed by atoms with Gasteiger partial charge in [-0.2, -0.15) is 0 Å². The van der Waals surface area contributed by atoms with E-state index in [2.05, 4.69) is 81.5 Å². The highest BCUT2D eigenvalue weighted by Crippen LogP contribution is 2.19. The highest BCUT2D eigenvalue weighted by molar-refractivity contribution is 5.71. The van der Waals surface area contributed by atoms with Crippen molar-refractivity contribution in [2.75, 3.05) is 13.2 Å². The van der Waals surface area contributed by atoms with Gasteiger partial charge in [0, 0.05) is 19.3 Å². The van der Waals surface area contributed by atoms with Gasteiger partial charge in [0.25, 0.3) is 0 Å². The summed E-state index contributed by atoms with van der Waals surface area (Å²) in [4.78, 5) is 38.5. The fraction of sp³-hybridized carbons (Fsp3) is 0.831. The van der Waals surface area contributed by atoms with E-state index in [0.29, 0.717) is 19.3 Å². The van der Waals surface area contributed by atoms with Gasteiger partial charge in [0.05, 0.1) is 0 Å². The van der Waals surface area contributed by atoms with Crippen LogP contribution in [0.5, 0.6) is 0 Å². The third-order valence-corrected chi connectivity index (χ3v) is 16.5. The third-order valence-electron chi connectivity index (χ3n) is 16.5. The maximum Gasteiger partial charge on any atom is 0.306 e. The van der Waals surface area contributed by atoms with E-state index >= 15 is 0 Å². The number of ether oxygens (including phenoxy) is 3. The Bertz CT molecular complexity index is 1470. The van der Waals surface area contributed by atoms with Crippen LogP contribution in [-0.4, -0.2) is 37.2 Å². The third kappa shape index (κ3) is 69.8. The number of hydrogen-bond acceptors (Lipinski definition) is 6. The lowest BCUT2D eigenvalue weighted by Gasteiger charge is -2.18. The minimum absolute atomic E-state index is 0.0755. The van der Waals surface area contributed by atoms with Gasteiger partial charge in [-0.3, -0.25) is 14.4 Å². The fourth-order valence-electron chi connectivity index (χ4n) is 11.0. The summed E-state index contributed by atoms with van der Waals surface area (Å²) < 4.78 is 17.0. The summed E-state index contributed by atoms with van der Waals surface area (Å²) in [7, 11) is 0. The van der Waals surface area contributed by atoms with Crippen LogP contribution >= 0.6 is 0 Å². The topological polar surface area (TPSA) is 78.9 Å². The van der Waals surface area contributed by atoms with Gasteiger partial charge in [-0.1, -0.05) is 351 Å². The average Bonchev–Trinajstić information content (AvgIpc) is 3.49. The molecule has 0 bridgehead atoms. The molecule has 0 aliphatic heterocycles. The summed E-state index contributed by atoms with van der Waals surface area (Å²) in [5.41, 5.74) is 0. The Balaban J connectivity index is 4.26. The number of carbonyl (C=O) groups is 3. The maximum absolute atomic E-state index is 13.0. The van der Waals surface area contributed by atoms with E-state index in [1.54, 1.807) is 0 Å². The van der Waals surface area contributed by atoms with Gasteiger partial charge in [0.1, 0.15) is 13.2 Å². The summed E-state index contributed by atoms with van der Waals surface area (Å²) >= 11 is 0. The predicted molar refractivity (Wildman–Crippen MR) is 362 cm³/mol. The molecule has 0 aromatic rings. The molecule has 484 valence electrons. The normalized spacial score (nSPS) is 12.4. The monoisotopic (exact) mass is 1160 g/mol. The van der Waals surface area contributed by atoms with Crippen molar-refractivity contribution in [2.24, 2.45) is 0 Å². The molecule has 1 unspecified atom stereocenters. The van der Waals surface area contributed by atoms with Gasteiger partial charge in [-0.15, -0.1) is 0 Å². The molecule has 0 aromatic heterocycles. The SMILES string of the molecule is CC/C=C\C/C=C\C/C=C\CCCCCCCC(=O)OCC(COC(=O)CCCCCCCCCCCCCCCCC/C=C\C/C=C\CCCCCCC)OC(=O)CCCCCCCCCCCCCCCCCCCCCCCCC. The number of esters is 3. The maximum atomic E-state index is 13.0. The molecule has 6 nitrogen and oxygen atoms in total. The van der Waals surface area contributed by atoms with E-state index in [0.717, 1.165) is 103 Å². The number of allylic oxidation sites excluding steroid dienone is 10. The van der Waals surface area contributed by atoms with E-state index in [1.807, 2.05) is 0 Å². The first-order chi connectivity index (χ1) is 41.0. The van der Waals surface area contributed by atoms with Crippen molar-refractivity contribution >= 4 is 17.9 Å². The van der Waals surface area contributed by atoms with E-state index in [4.69, 9.17) is 14.2 Å². The smallest absolute Gasteiger partial charge is 0.306 e. The summed E-state index contributed by atoms with van der Waals surface area (Å²) in [5, 5.41) is 0. The molecule has 0 aliphatic carbocycles. The van der Waals surface area contributed by atoms with E-state index < -0.39 is 6.10 Å². The summed E-state index contributed by atoms with van der Waals surface area (Å²) in [6.07, 6.45) is 92.6. The predicted octanol–water partition coefficient (Wildman–Crippen LogP) is 25.5. The van der Waals surface area contributed by atoms with Crippen molar-refractivity contribution in [1.82, 2.24) is 0 Å². The fourth-order valence-corrected chi connectivity index (χ4v) is 11.0. The quantitative estimate of drug-likeness (QED) is 0.0261. The Kier molecular flexibility index (Phi) is 69.1. The van der Waals surface area contributed by atoms with Crippen molar-refractivity contribution in [3.05, 3.63) is 60.8 Å². The zero-order valence-corrected chi connectivity index (χ0v) is 55.7. The lowest BCUT2D eigenvalue weighted by Crippen LogP contribution is -2.30. The first kappa shape index (κ1) is 80.1. The average molecular weight is 1160 g/mol. The lowest BCUT2D eigenvalue weighted by molar-refractivity contribution is -0.167. The number of hydrogen-bond donors (Lipinski definition) is 0. The van der Waals surface area contributed by atoms with Gasteiger partial charge in [0.15, 0.2) is 6.10 Å².